The third kappa shape index (κ3) is 4.38. The van der Waals surface area contributed by atoms with E-state index in [9.17, 15) is 9.18 Å². The molecule has 0 saturated carbocycles. The Morgan fingerprint density at radius 3 is 2.68 bits per heavy atom. The van der Waals surface area contributed by atoms with Gasteiger partial charge in [0, 0.05) is 31.4 Å². The molecule has 0 radical (unpaired) electrons. The van der Waals surface area contributed by atoms with E-state index in [1.54, 1.807) is 12.1 Å². The fraction of sp³-hybridized carbons (Fsp3) is 0.348. The van der Waals surface area contributed by atoms with Crippen LogP contribution in [0.2, 0.25) is 0 Å². The van der Waals surface area contributed by atoms with Crippen molar-refractivity contribution in [2.75, 3.05) is 22.6 Å². The molecule has 1 aromatic carbocycles. The lowest BCUT2D eigenvalue weighted by molar-refractivity contribution is -0.118. The number of nitrogens with one attached hydrogen (secondary N) is 2. The van der Waals surface area contributed by atoms with Gasteiger partial charge in [0.1, 0.15) is 17.7 Å². The van der Waals surface area contributed by atoms with Gasteiger partial charge in [-0.05, 0) is 30.5 Å². The number of nitrogens with zero attached hydrogens (tertiary/aromatic N) is 4. The van der Waals surface area contributed by atoms with Crippen LogP contribution in [0.5, 0.6) is 0 Å². The molecule has 0 aliphatic carbocycles. The molecule has 1 amide bonds. The Kier molecular flexibility index (Phi) is 5.63. The van der Waals surface area contributed by atoms with Gasteiger partial charge in [-0.2, -0.15) is 5.10 Å². The summed E-state index contributed by atoms with van der Waals surface area (Å²) in [5.74, 6) is 0.694. The summed E-state index contributed by atoms with van der Waals surface area (Å²) in [4.78, 5) is 19.1. The Bertz CT molecular complexity index is 1090. The zero-order chi connectivity index (χ0) is 22.1. The van der Waals surface area contributed by atoms with Crippen LogP contribution >= 0.6 is 0 Å². The van der Waals surface area contributed by atoms with Gasteiger partial charge in [0.05, 0.1) is 29.8 Å². The van der Waals surface area contributed by atoms with Gasteiger partial charge in [-0.3, -0.25) is 9.48 Å². The molecule has 0 spiro atoms. The van der Waals surface area contributed by atoms with Gasteiger partial charge in [0.15, 0.2) is 0 Å². The number of hydrogen-bond acceptors (Lipinski definition) is 5. The summed E-state index contributed by atoms with van der Waals surface area (Å²) in [6, 6.07) is 8.18. The molecule has 1 aliphatic heterocycles. The Hall–Kier alpha value is -3.42. The minimum absolute atomic E-state index is 0.00387. The first-order chi connectivity index (χ1) is 14.8. The molecule has 3 heterocycles. The van der Waals surface area contributed by atoms with E-state index in [0.717, 1.165) is 34.0 Å². The molecular formula is C23H27FN6O. The van der Waals surface area contributed by atoms with Crippen molar-refractivity contribution < 1.29 is 9.18 Å². The standard InChI is InChI=1S/C23H27FN6O/c1-14(2)22-23(31)28-21-15(3)27-20(9-19(21)29(22)4)25-10-17-11-26-30(13-17)12-16-5-7-18(24)8-6-16/h5-9,11,13-14,22H,10,12H2,1-4H3,(H,25,27)(H,28,31). The second kappa shape index (κ2) is 8.37. The molecule has 0 fully saturated rings. The van der Waals surface area contributed by atoms with Crippen LogP contribution in [0.1, 0.15) is 30.7 Å². The maximum atomic E-state index is 13.1. The number of benzene rings is 1. The summed E-state index contributed by atoms with van der Waals surface area (Å²) in [5.41, 5.74) is 4.50. The van der Waals surface area contributed by atoms with E-state index < -0.39 is 0 Å². The molecule has 0 saturated heterocycles. The maximum absolute atomic E-state index is 13.1. The highest BCUT2D eigenvalue weighted by atomic mass is 19.1. The van der Waals surface area contributed by atoms with E-state index in [0.29, 0.717) is 13.1 Å². The summed E-state index contributed by atoms with van der Waals surface area (Å²) in [6.45, 7) is 7.13. The second-order valence-electron chi connectivity index (χ2n) is 8.30. The summed E-state index contributed by atoms with van der Waals surface area (Å²) in [7, 11) is 1.95. The van der Waals surface area contributed by atoms with Crippen LogP contribution < -0.4 is 15.5 Å². The van der Waals surface area contributed by atoms with E-state index in [4.69, 9.17) is 0 Å². The van der Waals surface area contributed by atoms with Crippen LogP contribution in [0.3, 0.4) is 0 Å². The number of pyridine rings is 1. The largest absolute Gasteiger partial charge is 0.366 e. The van der Waals surface area contributed by atoms with Gasteiger partial charge < -0.3 is 15.5 Å². The molecule has 3 aromatic rings. The van der Waals surface area contributed by atoms with Crippen molar-refractivity contribution in [1.82, 2.24) is 14.8 Å². The van der Waals surface area contributed by atoms with Gasteiger partial charge in [-0.25, -0.2) is 9.37 Å². The lowest BCUT2D eigenvalue weighted by atomic mass is 9.98. The van der Waals surface area contributed by atoms with Gasteiger partial charge in [0.2, 0.25) is 5.91 Å². The van der Waals surface area contributed by atoms with Crippen LogP contribution in [0.15, 0.2) is 42.7 Å². The van der Waals surface area contributed by atoms with Crippen molar-refractivity contribution in [3.63, 3.8) is 0 Å². The first kappa shape index (κ1) is 20.8. The minimum atomic E-state index is -0.244. The molecule has 8 heteroatoms. The number of aryl methyl sites for hydroxylation is 1. The number of rotatable bonds is 6. The van der Waals surface area contributed by atoms with Crippen LogP contribution in [0.25, 0.3) is 0 Å². The second-order valence-corrected chi connectivity index (χ2v) is 8.30. The Morgan fingerprint density at radius 2 is 1.97 bits per heavy atom. The molecule has 1 aliphatic rings. The average molecular weight is 423 g/mol. The van der Waals surface area contributed by atoms with Gasteiger partial charge in [0.25, 0.3) is 0 Å². The third-order valence-corrected chi connectivity index (χ3v) is 5.54. The van der Waals surface area contributed by atoms with Crippen LogP contribution in [0, 0.1) is 18.7 Å². The molecule has 4 rings (SSSR count). The highest BCUT2D eigenvalue weighted by Crippen LogP contribution is 2.36. The van der Waals surface area contributed by atoms with Crippen molar-refractivity contribution in [1.29, 1.82) is 0 Å². The lowest BCUT2D eigenvalue weighted by Gasteiger charge is -2.38. The van der Waals surface area contributed by atoms with E-state index in [2.05, 4.69) is 20.7 Å². The summed E-state index contributed by atoms with van der Waals surface area (Å²) in [5, 5.41) is 10.8. The van der Waals surface area contributed by atoms with Gasteiger partial charge in [-0.1, -0.05) is 26.0 Å². The van der Waals surface area contributed by atoms with Crippen molar-refractivity contribution in [2.24, 2.45) is 5.92 Å². The van der Waals surface area contributed by atoms with Crippen molar-refractivity contribution in [3.8, 4) is 0 Å². The zero-order valence-corrected chi connectivity index (χ0v) is 18.2. The molecule has 1 atom stereocenters. The predicted octanol–water partition coefficient (Wildman–Crippen LogP) is 3.80. The number of fused-ring (bicyclic) bond motifs is 1. The zero-order valence-electron chi connectivity index (χ0n) is 18.2. The third-order valence-electron chi connectivity index (χ3n) is 5.54. The smallest absolute Gasteiger partial charge is 0.247 e. The number of aromatic nitrogens is 3. The number of anilines is 3. The lowest BCUT2D eigenvalue weighted by Crippen LogP contribution is -2.49. The molecule has 162 valence electrons. The first-order valence-corrected chi connectivity index (χ1v) is 10.4. The predicted molar refractivity (Wildman–Crippen MR) is 120 cm³/mol. The Labute approximate surface area is 181 Å². The number of likely N-dealkylation sites (N-methyl/N-ethyl adjacent to an activating group) is 1. The van der Waals surface area contributed by atoms with Gasteiger partial charge in [-0.15, -0.1) is 0 Å². The molecular weight excluding hydrogens is 395 g/mol. The monoisotopic (exact) mass is 422 g/mol. The number of hydrogen-bond donors (Lipinski definition) is 2. The molecule has 2 aromatic heterocycles. The minimum Gasteiger partial charge on any atom is -0.366 e. The van der Waals surface area contributed by atoms with E-state index in [1.165, 1.54) is 12.1 Å². The molecule has 0 bridgehead atoms. The van der Waals surface area contributed by atoms with Crippen molar-refractivity contribution >= 4 is 23.1 Å². The highest BCUT2D eigenvalue weighted by Gasteiger charge is 2.34. The highest BCUT2D eigenvalue weighted by molar-refractivity contribution is 6.04. The number of halogens is 1. The number of amides is 1. The normalized spacial score (nSPS) is 15.7. The Morgan fingerprint density at radius 1 is 1.23 bits per heavy atom. The van der Waals surface area contributed by atoms with Crippen LogP contribution in [0.4, 0.5) is 21.6 Å². The van der Waals surface area contributed by atoms with Gasteiger partial charge >= 0.3 is 0 Å². The number of carbonyl (C=O) groups is 1. The van der Waals surface area contributed by atoms with Crippen molar-refractivity contribution in [2.45, 2.75) is 39.9 Å². The quantitative estimate of drug-likeness (QED) is 0.632. The fourth-order valence-corrected chi connectivity index (χ4v) is 4.01. The molecule has 1 unspecified atom stereocenters. The topological polar surface area (TPSA) is 75.1 Å². The average Bonchev–Trinajstić information content (AvgIpc) is 3.16. The summed E-state index contributed by atoms with van der Waals surface area (Å²) >= 11 is 0. The fourth-order valence-electron chi connectivity index (χ4n) is 4.01. The SMILES string of the molecule is Cc1nc(NCc2cnn(Cc3ccc(F)cc3)c2)cc2c1NC(=O)C(C(C)C)N2C. The molecule has 31 heavy (non-hydrogen) atoms. The van der Waals surface area contributed by atoms with Crippen LogP contribution in [-0.4, -0.2) is 33.8 Å². The number of carbonyl (C=O) groups excluding carboxylic acids is 1. The van der Waals surface area contributed by atoms with Crippen molar-refractivity contribution in [3.05, 3.63) is 65.4 Å². The first-order valence-electron chi connectivity index (χ1n) is 10.4. The van der Waals surface area contributed by atoms with E-state index >= 15 is 0 Å². The molecule has 7 nitrogen and oxygen atoms in total. The maximum Gasteiger partial charge on any atom is 0.247 e. The molecule has 2 N–H and O–H groups in total. The summed E-state index contributed by atoms with van der Waals surface area (Å²) < 4.78 is 14.9. The van der Waals surface area contributed by atoms with Crippen LogP contribution in [-0.2, 0) is 17.9 Å². The van der Waals surface area contributed by atoms with E-state index in [-0.39, 0.29) is 23.7 Å². The van der Waals surface area contributed by atoms with E-state index in [1.807, 2.05) is 55.9 Å². The Balaban J connectivity index is 1.46. The summed E-state index contributed by atoms with van der Waals surface area (Å²) in [6.07, 6.45) is 3.77.